The van der Waals surface area contributed by atoms with Crippen molar-refractivity contribution in [1.82, 2.24) is 5.32 Å². The SMILES string of the molecule is CCC1(C)CC(=O)N(c2c(F)cc(C#Cc3ccccc3)cc2F)C(=O)N1. The van der Waals surface area contributed by atoms with Gasteiger partial charge in [-0.05, 0) is 37.6 Å². The standard InChI is InChI=1S/C21H18F2N2O2/c1-3-21(2)13-18(26)25(20(27)24-21)19-16(22)11-15(12-17(19)23)10-9-14-7-5-4-6-8-14/h4-8,11-12H,3,13H2,1-2H3,(H,24,27). The first-order chi connectivity index (χ1) is 12.8. The number of urea groups is 1. The van der Waals surface area contributed by atoms with Crippen LogP contribution in [0.15, 0.2) is 42.5 Å². The first kappa shape index (κ1) is 18.6. The maximum Gasteiger partial charge on any atom is 0.329 e. The number of carbonyl (C=O) groups is 2. The summed E-state index contributed by atoms with van der Waals surface area (Å²) in [5.74, 6) is 2.81. The second kappa shape index (κ2) is 7.20. The second-order valence-corrected chi connectivity index (χ2v) is 6.65. The zero-order chi connectivity index (χ0) is 19.6. The van der Waals surface area contributed by atoms with Crippen LogP contribution in [0.25, 0.3) is 0 Å². The Morgan fingerprint density at radius 2 is 1.67 bits per heavy atom. The Kier molecular flexibility index (Phi) is 4.95. The summed E-state index contributed by atoms with van der Waals surface area (Å²) in [6.07, 6.45) is 0.487. The van der Waals surface area contributed by atoms with E-state index < -0.39 is 34.8 Å². The molecule has 2 aromatic carbocycles. The molecule has 0 aliphatic carbocycles. The van der Waals surface area contributed by atoms with Gasteiger partial charge in [-0.1, -0.05) is 37.0 Å². The van der Waals surface area contributed by atoms with Crippen molar-refractivity contribution >= 4 is 17.6 Å². The Labute approximate surface area is 156 Å². The van der Waals surface area contributed by atoms with Gasteiger partial charge in [-0.25, -0.2) is 18.5 Å². The highest BCUT2D eigenvalue weighted by molar-refractivity contribution is 6.16. The molecule has 2 aromatic rings. The Bertz CT molecular complexity index is 920. The van der Waals surface area contributed by atoms with E-state index in [-0.39, 0.29) is 12.0 Å². The van der Waals surface area contributed by atoms with Crippen LogP contribution in [0.1, 0.15) is 37.8 Å². The largest absolute Gasteiger partial charge is 0.332 e. The fraction of sp³-hybridized carbons (Fsp3) is 0.238. The summed E-state index contributed by atoms with van der Waals surface area (Å²) < 4.78 is 29.1. The van der Waals surface area contributed by atoms with Gasteiger partial charge in [-0.15, -0.1) is 0 Å². The van der Waals surface area contributed by atoms with E-state index in [0.29, 0.717) is 16.9 Å². The highest BCUT2D eigenvalue weighted by Gasteiger charge is 2.41. The minimum Gasteiger partial charge on any atom is -0.332 e. The molecule has 1 unspecified atom stereocenters. The number of amides is 3. The van der Waals surface area contributed by atoms with Crippen molar-refractivity contribution in [3.05, 3.63) is 65.2 Å². The third-order valence-corrected chi connectivity index (χ3v) is 4.55. The van der Waals surface area contributed by atoms with Gasteiger partial charge in [0, 0.05) is 16.7 Å². The molecule has 1 aliphatic rings. The van der Waals surface area contributed by atoms with Gasteiger partial charge in [0.1, 0.15) is 5.69 Å². The molecule has 1 aliphatic heterocycles. The average Bonchev–Trinajstić information content (AvgIpc) is 2.62. The zero-order valence-corrected chi connectivity index (χ0v) is 15.0. The number of hydrogen-bond donors (Lipinski definition) is 1. The molecule has 138 valence electrons. The van der Waals surface area contributed by atoms with Gasteiger partial charge in [0.25, 0.3) is 0 Å². The molecule has 3 amide bonds. The Hall–Kier alpha value is -3.20. The van der Waals surface area contributed by atoms with Crippen molar-refractivity contribution in [3.63, 3.8) is 0 Å². The zero-order valence-electron chi connectivity index (χ0n) is 15.0. The van der Waals surface area contributed by atoms with E-state index in [4.69, 9.17) is 0 Å². The van der Waals surface area contributed by atoms with Crippen molar-refractivity contribution in [2.45, 2.75) is 32.2 Å². The third kappa shape index (κ3) is 3.82. The van der Waals surface area contributed by atoms with Crippen LogP contribution in [-0.2, 0) is 4.79 Å². The van der Waals surface area contributed by atoms with Crippen LogP contribution in [0.4, 0.5) is 19.3 Å². The lowest BCUT2D eigenvalue weighted by Crippen LogP contribution is -2.61. The number of nitrogens with one attached hydrogen (secondary N) is 1. The summed E-state index contributed by atoms with van der Waals surface area (Å²) >= 11 is 0. The van der Waals surface area contributed by atoms with Crippen molar-refractivity contribution in [2.24, 2.45) is 0 Å². The van der Waals surface area contributed by atoms with Crippen LogP contribution < -0.4 is 10.2 Å². The maximum atomic E-state index is 14.6. The van der Waals surface area contributed by atoms with Crippen LogP contribution in [-0.4, -0.2) is 17.5 Å². The van der Waals surface area contributed by atoms with Gasteiger partial charge in [0.05, 0.1) is 6.42 Å². The number of rotatable bonds is 2. The van der Waals surface area contributed by atoms with Crippen molar-refractivity contribution in [2.75, 3.05) is 4.90 Å². The van der Waals surface area contributed by atoms with Crippen molar-refractivity contribution in [3.8, 4) is 11.8 Å². The molecule has 0 bridgehead atoms. The predicted octanol–water partition coefficient (Wildman–Crippen LogP) is 3.98. The molecule has 4 nitrogen and oxygen atoms in total. The first-order valence-electron chi connectivity index (χ1n) is 8.54. The number of halogens is 2. The minimum atomic E-state index is -1.02. The van der Waals surface area contributed by atoms with E-state index in [2.05, 4.69) is 17.2 Å². The Balaban J connectivity index is 1.93. The molecular weight excluding hydrogens is 350 g/mol. The van der Waals surface area contributed by atoms with E-state index in [1.807, 2.05) is 13.0 Å². The van der Waals surface area contributed by atoms with Crippen LogP contribution >= 0.6 is 0 Å². The molecule has 0 spiro atoms. The van der Waals surface area contributed by atoms with E-state index in [1.54, 1.807) is 31.2 Å². The predicted molar refractivity (Wildman–Crippen MR) is 98.1 cm³/mol. The van der Waals surface area contributed by atoms with Crippen LogP contribution in [0.3, 0.4) is 0 Å². The van der Waals surface area contributed by atoms with Gasteiger partial charge in [-0.2, -0.15) is 0 Å². The number of hydrogen-bond acceptors (Lipinski definition) is 2. The number of carbonyl (C=O) groups excluding carboxylic acids is 2. The second-order valence-electron chi connectivity index (χ2n) is 6.65. The normalized spacial score (nSPS) is 19.3. The van der Waals surface area contributed by atoms with E-state index in [0.717, 1.165) is 12.1 Å². The van der Waals surface area contributed by atoms with Crippen LogP contribution in [0.2, 0.25) is 0 Å². The lowest BCUT2D eigenvalue weighted by atomic mass is 9.92. The molecule has 0 saturated carbocycles. The van der Waals surface area contributed by atoms with Gasteiger partial charge < -0.3 is 5.32 Å². The van der Waals surface area contributed by atoms with Crippen LogP contribution in [0, 0.1) is 23.5 Å². The lowest BCUT2D eigenvalue weighted by Gasteiger charge is -2.38. The fourth-order valence-electron chi connectivity index (χ4n) is 2.84. The highest BCUT2D eigenvalue weighted by atomic mass is 19.1. The number of nitrogens with zero attached hydrogens (tertiary/aromatic N) is 1. The topological polar surface area (TPSA) is 49.4 Å². The monoisotopic (exact) mass is 368 g/mol. The van der Waals surface area contributed by atoms with Gasteiger partial charge in [0.2, 0.25) is 5.91 Å². The summed E-state index contributed by atoms with van der Waals surface area (Å²) in [5, 5.41) is 2.64. The average molecular weight is 368 g/mol. The van der Waals surface area contributed by atoms with Gasteiger partial charge in [-0.3, -0.25) is 4.79 Å². The molecule has 1 saturated heterocycles. The number of imide groups is 1. The van der Waals surface area contributed by atoms with E-state index in [1.165, 1.54) is 0 Å². The number of anilines is 1. The van der Waals surface area contributed by atoms with E-state index >= 15 is 0 Å². The molecule has 3 rings (SSSR count). The summed E-state index contributed by atoms with van der Waals surface area (Å²) in [7, 11) is 0. The van der Waals surface area contributed by atoms with Crippen LogP contribution in [0.5, 0.6) is 0 Å². The third-order valence-electron chi connectivity index (χ3n) is 4.55. The molecule has 1 heterocycles. The summed E-state index contributed by atoms with van der Waals surface area (Å²) in [6.45, 7) is 3.54. The molecular formula is C21H18F2N2O2. The molecule has 6 heteroatoms. The summed E-state index contributed by atoms with van der Waals surface area (Å²) in [5.41, 5.74) is -0.591. The van der Waals surface area contributed by atoms with Crippen molar-refractivity contribution < 1.29 is 18.4 Å². The minimum absolute atomic E-state index is 0.0380. The highest BCUT2D eigenvalue weighted by Crippen LogP contribution is 2.30. The Morgan fingerprint density at radius 3 is 2.22 bits per heavy atom. The van der Waals surface area contributed by atoms with Gasteiger partial charge in [0.15, 0.2) is 11.6 Å². The van der Waals surface area contributed by atoms with E-state index in [9.17, 15) is 18.4 Å². The van der Waals surface area contributed by atoms with Crippen molar-refractivity contribution in [1.29, 1.82) is 0 Å². The molecule has 0 radical (unpaired) electrons. The molecule has 0 aromatic heterocycles. The summed E-state index contributed by atoms with van der Waals surface area (Å²) in [4.78, 5) is 25.2. The molecule has 1 N–H and O–H groups in total. The lowest BCUT2D eigenvalue weighted by molar-refractivity contribution is -0.120. The molecule has 1 atom stereocenters. The summed E-state index contributed by atoms with van der Waals surface area (Å²) in [6, 6.07) is 10.2. The molecule has 1 fully saturated rings. The molecule has 27 heavy (non-hydrogen) atoms. The van der Waals surface area contributed by atoms with Gasteiger partial charge >= 0.3 is 6.03 Å². The fourth-order valence-corrected chi connectivity index (χ4v) is 2.84. The smallest absolute Gasteiger partial charge is 0.329 e. The Morgan fingerprint density at radius 1 is 1.07 bits per heavy atom. The first-order valence-corrected chi connectivity index (χ1v) is 8.54. The maximum absolute atomic E-state index is 14.6. The number of benzene rings is 2. The quantitative estimate of drug-likeness (QED) is 0.815.